The van der Waals surface area contributed by atoms with Crippen LogP contribution in [0.3, 0.4) is 0 Å². The van der Waals surface area contributed by atoms with Crippen molar-refractivity contribution in [2.75, 3.05) is 18.0 Å². The minimum atomic E-state index is 0.355. The molecule has 0 N–H and O–H groups in total. The molecule has 1 aliphatic heterocycles. The van der Waals surface area contributed by atoms with Crippen molar-refractivity contribution in [1.82, 2.24) is 20.0 Å². The summed E-state index contributed by atoms with van der Waals surface area (Å²) in [5.74, 6) is 0.821. The monoisotopic (exact) mass is 333 g/mol. The predicted octanol–water partition coefficient (Wildman–Crippen LogP) is 2.63. The molecule has 3 aromatic rings. The minimum Gasteiger partial charge on any atom is -0.460 e. The van der Waals surface area contributed by atoms with Crippen LogP contribution >= 0.6 is 15.9 Å². The molecule has 0 aromatic carbocycles. The summed E-state index contributed by atoms with van der Waals surface area (Å²) in [4.78, 5) is 2.21. The SMILES string of the molecule is Brc1cnn(C2CCN(c3nncc4ccoc34)C2)c1. The molecule has 1 fully saturated rings. The Bertz CT molecular complexity index is 752. The van der Waals surface area contributed by atoms with Crippen LogP contribution < -0.4 is 4.90 Å². The van der Waals surface area contributed by atoms with Gasteiger partial charge in [-0.1, -0.05) is 0 Å². The summed E-state index contributed by atoms with van der Waals surface area (Å²) in [5.41, 5.74) is 0.808. The molecule has 6 nitrogen and oxygen atoms in total. The Morgan fingerprint density at radius 3 is 3.15 bits per heavy atom. The van der Waals surface area contributed by atoms with Gasteiger partial charge in [0.15, 0.2) is 11.4 Å². The van der Waals surface area contributed by atoms with Gasteiger partial charge in [0.05, 0.1) is 29.2 Å². The molecule has 0 amide bonds. The molecule has 0 aliphatic carbocycles. The lowest BCUT2D eigenvalue weighted by molar-refractivity contribution is 0.494. The molecule has 1 saturated heterocycles. The standard InChI is InChI=1S/C13H12BrN5O/c14-10-6-16-19(7-10)11-1-3-18(8-11)13-12-9(2-4-20-12)5-15-17-13/h2,4-7,11H,1,3,8H2. The Morgan fingerprint density at radius 1 is 1.35 bits per heavy atom. The number of hydrogen-bond acceptors (Lipinski definition) is 5. The van der Waals surface area contributed by atoms with Crippen molar-refractivity contribution in [3.05, 3.63) is 35.4 Å². The summed E-state index contributed by atoms with van der Waals surface area (Å²) in [6.45, 7) is 1.79. The van der Waals surface area contributed by atoms with Gasteiger partial charge >= 0.3 is 0 Å². The first-order chi connectivity index (χ1) is 9.81. The van der Waals surface area contributed by atoms with E-state index in [1.807, 2.05) is 23.1 Å². The van der Waals surface area contributed by atoms with Crippen LogP contribution in [0.2, 0.25) is 0 Å². The topological polar surface area (TPSA) is 60.0 Å². The number of hydrogen-bond donors (Lipinski definition) is 0. The van der Waals surface area contributed by atoms with E-state index in [0.29, 0.717) is 6.04 Å². The van der Waals surface area contributed by atoms with Gasteiger partial charge in [-0.25, -0.2) is 0 Å². The van der Waals surface area contributed by atoms with Gasteiger partial charge in [-0.3, -0.25) is 4.68 Å². The average Bonchev–Trinajstić information content (AvgIpc) is 3.17. The molecule has 0 radical (unpaired) electrons. The van der Waals surface area contributed by atoms with Crippen LogP contribution in [0.25, 0.3) is 11.0 Å². The Morgan fingerprint density at radius 2 is 2.30 bits per heavy atom. The fourth-order valence-electron chi connectivity index (χ4n) is 2.67. The molecule has 4 rings (SSSR count). The highest BCUT2D eigenvalue weighted by molar-refractivity contribution is 9.10. The highest BCUT2D eigenvalue weighted by atomic mass is 79.9. The van der Waals surface area contributed by atoms with Gasteiger partial charge in [0.25, 0.3) is 0 Å². The number of anilines is 1. The number of fused-ring (bicyclic) bond motifs is 1. The van der Waals surface area contributed by atoms with Gasteiger partial charge in [0.1, 0.15) is 0 Å². The Hall–Kier alpha value is -1.89. The van der Waals surface area contributed by atoms with Crippen molar-refractivity contribution in [3.8, 4) is 0 Å². The Balaban J connectivity index is 1.63. The lowest BCUT2D eigenvalue weighted by Crippen LogP contribution is -2.22. The minimum absolute atomic E-state index is 0.355. The Labute approximate surface area is 123 Å². The summed E-state index contributed by atoms with van der Waals surface area (Å²) in [6.07, 6.45) is 8.26. The van der Waals surface area contributed by atoms with Crippen molar-refractivity contribution < 1.29 is 4.42 Å². The summed E-state index contributed by atoms with van der Waals surface area (Å²) < 4.78 is 8.54. The van der Waals surface area contributed by atoms with Crippen molar-refractivity contribution >= 4 is 32.7 Å². The zero-order valence-electron chi connectivity index (χ0n) is 10.6. The van der Waals surface area contributed by atoms with Crippen LogP contribution in [-0.4, -0.2) is 33.1 Å². The smallest absolute Gasteiger partial charge is 0.195 e. The van der Waals surface area contributed by atoms with E-state index < -0.39 is 0 Å². The van der Waals surface area contributed by atoms with E-state index in [0.717, 1.165) is 40.8 Å². The first-order valence-electron chi connectivity index (χ1n) is 6.45. The van der Waals surface area contributed by atoms with E-state index in [1.54, 1.807) is 12.5 Å². The number of nitrogens with zero attached hydrogens (tertiary/aromatic N) is 5. The van der Waals surface area contributed by atoms with Crippen molar-refractivity contribution in [2.45, 2.75) is 12.5 Å². The van der Waals surface area contributed by atoms with Gasteiger partial charge in [0.2, 0.25) is 0 Å². The third-order valence-corrected chi connectivity index (χ3v) is 4.06. The third kappa shape index (κ3) is 1.89. The molecule has 0 saturated carbocycles. The molecule has 20 heavy (non-hydrogen) atoms. The van der Waals surface area contributed by atoms with Crippen LogP contribution in [0, 0.1) is 0 Å². The molecular formula is C13H12BrN5O. The van der Waals surface area contributed by atoms with Crippen molar-refractivity contribution in [2.24, 2.45) is 0 Å². The molecule has 1 aliphatic rings. The molecule has 0 spiro atoms. The molecule has 102 valence electrons. The van der Waals surface area contributed by atoms with Crippen LogP contribution in [0.15, 0.2) is 39.8 Å². The highest BCUT2D eigenvalue weighted by Crippen LogP contribution is 2.30. The van der Waals surface area contributed by atoms with E-state index in [-0.39, 0.29) is 0 Å². The second-order valence-corrected chi connectivity index (χ2v) is 5.82. The molecule has 4 heterocycles. The highest BCUT2D eigenvalue weighted by Gasteiger charge is 2.27. The maximum atomic E-state index is 5.53. The van der Waals surface area contributed by atoms with Crippen molar-refractivity contribution in [1.29, 1.82) is 0 Å². The van der Waals surface area contributed by atoms with Gasteiger partial charge in [-0.15, -0.1) is 5.10 Å². The first kappa shape index (κ1) is 11.9. The molecule has 1 unspecified atom stereocenters. The Kier molecular flexibility index (Phi) is 2.73. The predicted molar refractivity (Wildman–Crippen MR) is 77.6 cm³/mol. The lowest BCUT2D eigenvalue weighted by atomic mass is 10.3. The summed E-state index contributed by atoms with van der Waals surface area (Å²) >= 11 is 3.43. The molecular weight excluding hydrogens is 322 g/mol. The maximum Gasteiger partial charge on any atom is 0.195 e. The lowest BCUT2D eigenvalue weighted by Gasteiger charge is -2.16. The number of rotatable bonds is 2. The number of aromatic nitrogens is 4. The molecule has 0 bridgehead atoms. The van der Waals surface area contributed by atoms with Gasteiger partial charge in [-0.2, -0.15) is 10.2 Å². The number of furan rings is 1. The summed E-state index contributed by atoms with van der Waals surface area (Å²) in [6, 6.07) is 2.26. The molecule has 1 atom stereocenters. The average molecular weight is 334 g/mol. The fraction of sp³-hybridized carbons (Fsp3) is 0.308. The number of halogens is 1. The van der Waals surface area contributed by atoms with E-state index in [4.69, 9.17) is 4.42 Å². The van der Waals surface area contributed by atoms with Gasteiger partial charge in [-0.05, 0) is 28.4 Å². The third-order valence-electron chi connectivity index (χ3n) is 3.66. The first-order valence-corrected chi connectivity index (χ1v) is 7.24. The van der Waals surface area contributed by atoms with Crippen LogP contribution in [0.5, 0.6) is 0 Å². The van der Waals surface area contributed by atoms with E-state index >= 15 is 0 Å². The van der Waals surface area contributed by atoms with Crippen LogP contribution in [0.4, 0.5) is 5.82 Å². The summed E-state index contributed by atoms with van der Waals surface area (Å²) in [5, 5.41) is 13.6. The maximum absolute atomic E-state index is 5.53. The largest absolute Gasteiger partial charge is 0.460 e. The summed E-state index contributed by atoms with van der Waals surface area (Å²) in [7, 11) is 0. The second kappa shape index (κ2) is 4.59. The van der Waals surface area contributed by atoms with E-state index in [2.05, 4.69) is 36.1 Å². The zero-order valence-corrected chi connectivity index (χ0v) is 12.2. The molecule has 7 heteroatoms. The molecule has 3 aromatic heterocycles. The van der Waals surface area contributed by atoms with Gasteiger partial charge < -0.3 is 9.32 Å². The quantitative estimate of drug-likeness (QED) is 0.721. The van der Waals surface area contributed by atoms with Crippen LogP contribution in [-0.2, 0) is 0 Å². The normalized spacial score (nSPS) is 19.1. The van der Waals surface area contributed by atoms with E-state index in [9.17, 15) is 0 Å². The fourth-order valence-corrected chi connectivity index (χ4v) is 2.97. The van der Waals surface area contributed by atoms with Crippen molar-refractivity contribution in [3.63, 3.8) is 0 Å². The van der Waals surface area contributed by atoms with Gasteiger partial charge in [0, 0.05) is 24.7 Å². The zero-order chi connectivity index (χ0) is 13.5. The second-order valence-electron chi connectivity index (χ2n) is 4.90. The van der Waals surface area contributed by atoms with Crippen LogP contribution in [0.1, 0.15) is 12.5 Å². The van der Waals surface area contributed by atoms with E-state index in [1.165, 1.54) is 0 Å².